The molecule has 0 radical (unpaired) electrons. The van der Waals surface area contributed by atoms with Crippen molar-refractivity contribution in [1.29, 1.82) is 0 Å². The maximum absolute atomic E-state index is 12.6. The molecule has 0 unspecified atom stereocenters. The molecular weight excluding hydrogens is 260 g/mol. The van der Waals surface area contributed by atoms with Crippen molar-refractivity contribution in [2.75, 3.05) is 11.9 Å². The molecule has 0 spiro atoms. The van der Waals surface area contributed by atoms with E-state index in [9.17, 15) is 4.79 Å². The van der Waals surface area contributed by atoms with Crippen molar-refractivity contribution < 1.29 is 9.78 Å². The van der Waals surface area contributed by atoms with Crippen LogP contribution in [0.15, 0.2) is 36.9 Å². The Hall–Kier alpha value is -2.16. The second kappa shape index (κ2) is 4.99. The summed E-state index contributed by atoms with van der Waals surface area (Å²) in [6.07, 6.45) is 3.30. The number of aromatic nitrogens is 1. The van der Waals surface area contributed by atoms with Crippen LogP contribution in [0.5, 0.6) is 0 Å². The van der Waals surface area contributed by atoms with Crippen molar-refractivity contribution in [3.8, 4) is 0 Å². The molecule has 0 saturated heterocycles. The van der Waals surface area contributed by atoms with Crippen LogP contribution in [0.4, 0.5) is 5.69 Å². The quantitative estimate of drug-likeness (QED) is 0.876. The van der Waals surface area contributed by atoms with E-state index in [4.69, 9.17) is 0 Å². The number of ketones is 1. The van der Waals surface area contributed by atoms with Crippen molar-refractivity contribution in [1.82, 2.24) is 0 Å². The van der Waals surface area contributed by atoms with Crippen LogP contribution in [0.2, 0.25) is 0 Å². The number of hydrogen-bond acceptors (Lipinski definition) is 2. The third kappa shape index (κ3) is 2.44. The van der Waals surface area contributed by atoms with Crippen LogP contribution in [0, 0.1) is 5.41 Å². The summed E-state index contributed by atoms with van der Waals surface area (Å²) in [6, 6.07) is 8.11. The highest BCUT2D eigenvalue weighted by Crippen LogP contribution is 2.38. The molecule has 1 aromatic carbocycles. The fourth-order valence-corrected chi connectivity index (χ4v) is 3.18. The van der Waals surface area contributed by atoms with E-state index >= 15 is 0 Å². The second-order valence-corrected chi connectivity index (χ2v) is 6.51. The van der Waals surface area contributed by atoms with Crippen LogP contribution >= 0.6 is 0 Å². The topological polar surface area (TPSA) is 43.2 Å². The third-order valence-corrected chi connectivity index (χ3v) is 4.03. The molecule has 2 N–H and O–H groups in total. The summed E-state index contributed by atoms with van der Waals surface area (Å²) in [5.74, 6) is 0.217. The molecule has 3 heteroatoms. The zero-order chi connectivity index (χ0) is 15.0. The largest absolute Gasteiger partial charge is 0.380 e. The molecule has 0 amide bonds. The summed E-state index contributed by atoms with van der Waals surface area (Å²) in [6.45, 7) is 8.70. The number of hydrogen-bond donors (Lipinski definition) is 1. The van der Waals surface area contributed by atoms with Crippen LogP contribution in [-0.4, -0.2) is 12.3 Å². The molecule has 1 aliphatic carbocycles. The number of carbonyl (C=O) groups excluding carboxylic acids is 1. The molecule has 1 aliphatic rings. The number of Topliss-reactive ketones (excluding diaryl/α,β-unsaturated/α-hetero) is 1. The first-order valence-corrected chi connectivity index (χ1v) is 7.37. The molecular formula is C18H21N2O+. The average Bonchev–Trinajstić information content (AvgIpc) is 2.42. The monoisotopic (exact) mass is 281 g/mol. The lowest BCUT2D eigenvalue weighted by molar-refractivity contribution is -0.360. The lowest BCUT2D eigenvalue weighted by atomic mass is 9.75. The minimum absolute atomic E-state index is 0.0126. The van der Waals surface area contributed by atoms with E-state index in [1.807, 2.05) is 24.3 Å². The first kappa shape index (κ1) is 13.8. The van der Waals surface area contributed by atoms with Crippen LogP contribution in [0.1, 0.15) is 36.3 Å². The molecule has 0 saturated carbocycles. The maximum Gasteiger partial charge on any atom is 0.213 e. The predicted octanol–water partition coefficient (Wildman–Crippen LogP) is 3.41. The molecule has 0 aliphatic heterocycles. The van der Waals surface area contributed by atoms with Gasteiger partial charge in [0.05, 0.1) is 11.1 Å². The van der Waals surface area contributed by atoms with Gasteiger partial charge in [-0.1, -0.05) is 32.1 Å². The minimum atomic E-state index is 0.0126. The van der Waals surface area contributed by atoms with E-state index in [-0.39, 0.29) is 11.2 Å². The van der Waals surface area contributed by atoms with Gasteiger partial charge in [0.15, 0.2) is 11.5 Å². The molecule has 2 aromatic rings. The van der Waals surface area contributed by atoms with Gasteiger partial charge in [0, 0.05) is 25.5 Å². The number of para-hydroxylation sites is 1. The number of H-pyrrole nitrogens is 1. The second-order valence-electron chi connectivity index (χ2n) is 6.51. The van der Waals surface area contributed by atoms with Gasteiger partial charge in [0.1, 0.15) is 5.56 Å². The molecule has 108 valence electrons. The number of anilines is 1. The fraction of sp³-hybridized carbons (Fsp3) is 0.333. The van der Waals surface area contributed by atoms with Crippen molar-refractivity contribution in [2.24, 2.45) is 5.41 Å². The Labute approximate surface area is 125 Å². The van der Waals surface area contributed by atoms with E-state index in [0.717, 1.165) is 34.3 Å². The summed E-state index contributed by atoms with van der Waals surface area (Å²) >= 11 is 0. The Morgan fingerprint density at radius 1 is 1.33 bits per heavy atom. The highest BCUT2D eigenvalue weighted by atomic mass is 16.1. The van der Waals surface area contributed by atoms with E-state index in [1.54, 1.807) is 0 Å². The molecule has 0 fully saturated rings. The Morgan fingerprint density at radius 2 is 2.10 bits per heavy atom. The number of nitrogens with one attached hydrogen (secondary N) is 2. The SMILES string of the molecule is C=CCNc1c2c([nH+]c3ccccc13)CC(C)(C)CC2=O. The number of aromatic amines is 1. The molecule has 0 atom stereocenters. The summed E-state index contributed by atoms with van der Waals surface area (Å²) in [7, 11) is 0. The average molecular weight is 281 g/mol. The van der Waals surface area contributed by atoms with Gasteiger partial charge in [-0.15, -0.1) is 6.58 Å². The van der Waals surface area contributed by atoms with E-state index in [1.165, 1.54) is 0 Å². The van der Waals surface area contributed by atoms with Crippen molar-refractivity contribution >= 4 is 22.4 Å². The van der Waals surface area contributed by atoms with E-state index < -0.39 is 0 Å². The van der Waals surface area contributed by atoms with Gasteiger partial charge in [0.2, 0.25) is 5.52 Å². The lowest BCUT2D eigenvalue weighted by Crippen LogP contribution is -2.33. The molecule has 3 nitrogen and oxygen atoms in total. The van der Waals surface area contributed by atoms with Gasteiger partial charge >= 0.3 is 0 Å². The summed E-state index contributed by atoms with van der Waals surface area (Å²) < 4.78 is 0. The summed E-state index contributed by atoms with van der Waals surface area (Å²) in [4.78, 5) is 16.1. The lowest BCUT2D eigenvalue weighted by Gasteiger charge is -2.28. The number of fused-ring (bicyclic) bond motifs is 2. The van der Waals surface area contributed by atoms with Gasteiger partial charge in [0.25, 0.3) is 0 Å². The zero-order valence-corrected chi connectivity index (χ0v) is 12.6. The van der Waals surface area contributed by atoms with Crippen LogP contribution in [-0.2, 0) is 6.42 Å². The number of rotatable bonds is 3. The van der Waals surface area contributed by atoms with Gasteiger partial charge in [-0.25, -0.2) is 4.98 Å². The van der Waals surface area contributed by atoms with E-state index in [0.29, 0.717) is 13.0 Å². The molecule has 0 bridgehead atoms. The van der Waals surface area contributed by atoms with E-state index in [2.05, 4.69) is 36.8 Å². The van der Waals surface area contributed by atoms with Gasteiger partial charge in [-0.05, 0) is 11.5 Å². The standard InChI is InChI=1S/C18H20N2O/c1-4-9-19-17-12-7-5-6-8-13(12)20-14-10-18(2,3)11-15(21)16(14)17/h4-8H,1,9-11H2,2-3H3,(H,19,20)/p+1. The Balaban J connectivity index is 2.27. The van der Waals surface area contributed by atoms with Gasteiger partial charge in [-0.3, -0.25) is 4.79 Å². The number of pyridine rings is 1. The van der Waals surface area contributed by atoms with Gasteiger partial charge in [-0.2, -0.15) is 0 Å². The van der Waals surface area contributed by atoms with Gasteiger partial charge < -0.3 is 5.32 Å². The Bertz CT molecular complexity index is 731. The molecule has 1 aromatic heterocycles. The summed E-state index contributed by atoms with van der Waals surface area (Å²) in [5.41, 5.74) is 3.89. The van der Waals surface area contributed by atoms with Crippen LogP contribution in [0.25, 0.3) is 10.9 Å². The number of benzene rings is 1. The summed E-state index contributed by atoms with van der Waals surface area (Å²) in [5, 5.41) is 4.43. The van der Waals surface area contributed by atoms with Crippen LogP contribution < -0.4 is 10.3 Å². The van der Waals surface area contributed by atoms with Crippen molar-refractivity contribution in [2.45, 2.75) is 26.7 Å². The Morgan fingerprint density at radius 3 is 2.86 bits per heavy atom. The molecule has 1 heterocycles. The predicted molar refractivity (Wildman–Crippen MR) is 85.6 cm³/mol. The third-order valence-electron chi connectivity index (χ3n) is 4.03. The minimum Gasteiger partial charge on any atom is -0.380 e. The highest BCUT2D eigenvalue weighted by Gasteiger charge is 2.37. The smallest absolute Gasteiger partial charge is 0.213 e. The first-order valence-electron chi connectivity index (χ1n) is 7.37. The molecule has 21 heavy (non-hydrogen) atoms. The highest BCUT2D eigenvalue weighted by molar-refractivity contribution is 6.09. The van der Waals surface area contributed by atoms with Crippen LogP contribution in [0.3, 0.4) is 0 Å². The normalized spacial score (nSPS) is 16.6. The zero-order valence-electron chi connectivity index (χ0n) is 12.6. The first-order chi connectivity index (χ1) is 10.0. The molecule has 3 rings (SSSR count). The maximum atomic E-state index is 12.6. The Kier molecular flexibility index (Phi) is 3.28. The fourth-order valence-electron chi connectivity index (χ4n) is 3.18. The van der Waals surface area contributed by atoms with Crippen molar-refractivity contribution in [3.05, 3.63) is 48.2 Å². The van der Waals surface area contributed by atoms with Crippen molar-refractivity contribution in [3.63, 3.8) is 0 Å². The number of carbonyl (C=O) groups is 1.